The Labute approximate surface area is 131 Å². The third kappa shape index (κ3) is 3.20. The second kappa shape index (κ2) is 6.46. The van der Waals surface area contributed by atoms with Gasteiger partial charge in [-0.15, -0.1) is 22.9 Å². The van der Waals surface area contributed by atoms with E-state index in [-0.39, 0.29) is 11.9 Å². The van der Waals surface area contributed by atoms with E-state index < -0.39 is 0 Å². The van der Waals surface area contributed by atoms with E-state index in [9.17, 15) is 4.39 Å². The fourth-order valence-corrected chi connectivity index (χ4v) is 3.35. The molecule has 0 spiro atoms. The summed E-state index contributed by atoms with van der Waals surface area (Å²) in [6, 6.07) is 14.8. The van der Waals surface area contributed by atoms with Crippen LogP contribution >= 0.6 is 22.9 Å². The highest BCUT2D eigenvalue weighted by molar-refractivity contribution is 7.17. The Balaban J connectivity index is 1.96. The molecule has 1 nitrogen and oxygen atoms in total. The molecule has 0 N–H and O–H groups in total. The first-order valence-corrected chi connectivity index (χ1v) is 8.13. The molecule has 21 heavy (non-hydrogen) atoms. The lowest BCUT2D eigenvalue weighted by molar-refractivity contribution is 0.204. The number of halogens is 2. The number of rotatable bonds is 5. The van der Waals surface area contributed by atoms with E-state index in [0.29, 0.717) is 18.1 Å². The van der Waals surface area contributed by atoms with E-state index in [2.05, 4.69) is 0 Å². The second-order valence-corrected chi connectivity index (χ2v) is 6.03. The maximum atomic E-state index is 13.7. The minimum absolute atomic E-state index is 0.171. The van der Waals surface area contributed by atoms with E-state index in [1.165, 1.54) is 12.1 Å². The molecule has 0 radical (unpaired) electrons. The van der Waals surface area contributed by atoms with Gasteiger partial charge in [0.2, 0.25) is 0 Å². The zero-order valence-electron chi connectivity index (χ0n) is 11.3. The first kappa shape index (κ1) is 14.4. The van der Waals surface area contributed by atoms with Crippen molar-refractivity contribution in [2.24, 2.45) is 0 Å². The van der Waals surface area contributed by atoms with Crippen LogP contribution in [-0.2, 0) is 0 Å². The minimum atomic E-state index is -0.284. The van der Waals surface area contributed by atoms with Crippen molar-refractivity contribution in [2.75, 3.05) is 5.88 Å². The van der Waals surface area contributed by atoms with Crippen LogP contribution in [0.1, 0.15) is 18.1 Å². The lowest BCUT2D eigenvalue weighted by atomic mass is 10.1. The van der Waals surface area contributed by atoms with Crippen LogP contribution in [0, 0.1) is 5.82 Å². The Morgan fingerprint density at radius 1 is 1.14 bits per heavy atom. The van der Waals surface area contributed by atoms with Crippen LogP contribution in [0.4, 0.5) is 4.39 Å². The summed E-state index contributed by atoms with van der Waals surface area (Å²) in [7, 11) is 0. The molecule has 108 valence electrons. The van der Waals surface area contributed by atoms with E-state index in [1.807, 2.05) is 41.8 Å². The molecular formula is C17H14ClFOS. The summed E-state index contributed by atoms with van der Waals surface area (Å²) in [6.45, 7) is 0. The lowest BCUT2D eigenvalue weighted by Gasteiger charge is -2.19. The van der Waals surface area contributed by atoms with Crippen molar-refractivity contribution in [2.45, 2.75) is 12.5 Å². The highest BCUT2D eigenvalue weighted by atomic mass is 35.5. The van der Waals surface area contributed by atoms with Gasteiger partial charge in [-0.25, -0.2) is 4.39 Å². The molecule has 1 aromatic heterocycles. The molecule has 0 saturated carbocycles. The maximum Gasteiger partial charge on any atom is 0.140 e. The van der Waals surface area contributed by atoms with E-state index in [0.717, 1.165) is 15.6 Å². The molecule has 0 fully saturated rings. The molecule has 3 aromatic rings. The number of benzene rings is 2. The van der Waals surface area contributed by atoms with Crippen molar-refractivity contribution in [3.8, 4) is 5.75 Å². The molecule has 0 saturated heterocycles. The predicted octanol–water partition coefficient (Wildman–Crippen LogP) is 5.79. The summed E-state index contributed by atoms with van der Waals surface area (Å²) in [5.74, 6) is 0.787. The molecule has 1 atom stereocenters. The summed E-state index contributed by atoms with van der Waals surface area (Å²) in [4.78, 5) is 0. The quantitative estimate of drug-likeness (QED) is 0.541. The number of hydrogen-bond acceptors (Lipinski definition) is 2. The molecule has 3 rings (SSSR count). The van der Waals surface area contributed by atoms with Crippen LogP contribution < -0.4 is 4.74 Å². The van der Waals surface area contributed by atoms with Gasteiger partial charge in [-0.3, -0.25) is 0 Å². The van der Waals surface area contributed by atoms with Crippen molar-refractivity contribution in [1.29, 1.82) is 0 Å². The van der Waals surface area contributed by atoms with Gasteiger partial charge in [0.25, 0.3) is 0 Å². The summed E-state index contributed by atoms with van der Waals surface area (Å²) < 4.78 is 20.8. The SMILES string of the molecule is Fc1cc(OC(CCCl)c2ccccc2)c2sccc2c1. The summed E-state index contributed by atoms with van der Waals surface area (Å²) in [5.41, 5.74) is 1.05. The number of ether oxygens (including phenoxy) is 1. The molecule has 0 aliphatic rings. The fourth-order valence-electron chi connectivity index (χ4n) is 2.32. The standard InChI is InChI=1S/C17H14ClFOS/c18-8-6-15(12-4-2-1-3-5-12)20-16-11-14(19)10-13-7-9-21-17(13)16/h1-5,7,9-11,15H,6,8H2. The Hall–Kier alpha value is -1.58. The highest BCUT2D eigenvalue weighted by Crippen LogP contribution is 2.35. The summed E-state index contributed by atoms with van der Waals surface area (Å²) in [6.07, 6.45) is 0.505. The highest BCUT2D eigenvalue weighted by Gasteiger charge is 2.15. The fraction of sp³-hybridized carbons (Fsp3) is 0.176. The van der Waals surface area contributed by atoms with Gasteiger partial charge in [0.05, 0.1) is 4.70 Å². The summed E-state index contributed by atoms with van der Waals surface area (Å²) in [5, 5.41) is 2.81. The Morgan fingerprint density at radius 3 is 2.71 bits per heavy atom. The predicted molar refractivity (Wildman–Crippen MR) is 86.9 cm³/mol. The monoisotopic (exact) mass is 320 g/mol. The largest absolute Gasteiger partial charge is 0.484 e. The van der Waals surface area contributed by atoms with Gasteiger partial charge >= 0.3 is 0 Å². The van der Waals surface area contributed by atoms with Crippen molar-refractivity contribution in [3.63, 3.8) is 0 Å². The van der Waals surface area contributed by atoms with Crippen molar-refractivity contribution in [3.05, 3.63) is 65.3 Å². The molecule has 4 heteroatoms. The Morgan fingerprint density at radius 2 is 1.95 bits per heavy atom. The Kier molecular flexibility index (Phi) is 4.42. The number of fused-ring (bicyclic) bond motifs is 1. The smallest absolute Gasteiger partial charge is 0.140 e. The first-order valence-electron chi connectivity index (χ1n) is 6.72. The second-order valence-electron chi connectivity index (χ2n) is 4.74. The van der Waals surface area contributed by atoms with Gasteiger partial charge in [0.1, 0.15) is 17.7 Å². The first-order chi connectivity index (χ1) is 10.3. The van der Waals surface area contributed by atoms with Crippen LogP contribution in [0.15, 0.2) is 53.9 Å². The molecule has 0 bridgehead atoms. The van der Waals surface area contributed by atoms with E-state index in [1.54, 1.807) is 11.3 Å². The third-order valence-electron chi connectivity index (χ3n) is 3.29. The zero-order chi connectivity index (χ0) is 14.7. The maximum absolute atomic E-state index is 13.7. The third-order valence-corrected chi connectivity index (χ3v) is 4.46. The topological polar surface area (TPSA) is 9.23 Å². The minimum Gasteiger partial charge on any atom is -0.484 e. The molecule has 1 heterocycles. The van der Waals surface area contributed by atoms with Gasteiger partial charge in [-0.1, -0.05) is 30.3 Å². The normalized spacial score (nSPS) is 12.5. The van der Waals surface area contributed by atoms with Gasteiger partial charge in [-0.2, -0.15) is 0 Å². The van der Waals surface area contributed by atoms with Crippen molar-refractivity contribution in [1.82, 2.24) is 0 Å². The van der Waals surface area contributed by atoms with Crippen LogP contribution in [0.3, 0.4) is 0 Å². The number of hydrogen-bond donors (Lipinski definition) is 0. The van der Waals surface area contributed by atoms with Gasteiger partial charge in [0, 0.05) is 18.4 Å². The van der Waals surface area contributed by atoms with Crippen molar-refractivity contribution < 1.29 is 9.13 Å². The molecule has 0 aliphatic carbocycles. The Bertz CT molecular complexity index is 726. The molecule has 2 aromatic carbocycles. The lowest BCUT2D eigenvalue weighted by Crippen LogP contribution is -2.08. The average Bonchev–Trinajstić information content (AvgIpc) is 2.96. The van der Waals surface area contributed by atoms with Gasteiger partial charge in [-0.05, 0) is 28.5 Å². The zero-order valence-corrected chi connectivity index (χ0v) is 12.8. The van der Waals surface area contributed by atoms with Crippen LogP contribution in [-0.4, -0.2) is 5.88 Å². The number of thiophene rings is 1. The van der Waals surface area contributed by atoms with Crippen LogP contribution in [0.2, 0.25) is 0 Å². The number of alkyl halides is 1. The molecule has 1 unspecified atom stereocenters. The molecule has 0 amide bonds. The van der Waals surface area contributed by atoms with Gasteiger partial charge < -0.3 is 4.74 Å². The average molecular weight is 321 g/mol. The van der Waals surface area contributed by atoms with Crippen LogP contribution in [0.25, 0.3) is 10.1 Å². The molecular weight excluding hydrogens is 307 g/mol. The summed E-state index contributed by atoms with van der Waals surface area (Å²) >= 11 is 7.44. The van der Waals surface area contributed by atoms with Crippen LogP contribution in [0.5, 0.6) is 5.75 Å². The van der Waals surface area contributed by atoms with Gasteiger partial charge in [0.15, 0.2) is 0 Å². The van der Waals surface area contributed by atoms with E-state index in [4.69, 9.17) is 16.3 Å². The van der Waals surface area contributed by atoms with E-state index >= 15 is 0 Å². The van der Waals surface area contributed by atoms with Crippen molar-refractivity contribution >= 4 is 33.0 Å². The molecule has 0 aliphatic heterocycles.